The predicted molar refractivity (Wildman–Crippen MR) is 165 cm³/mol. The SMILES string of the molecule is CC(C)c1ccc2c(ccc3c(-c4cc(-c5ccccc5)c5sc(-c6ccccc6)cc5c4)nccc32)c1. The molecule has 0 N–H and O–H groups in total. The number of rotatable bonds is 4. The molecule has 38 heavy (non-hydrogen) atoms. The summed E-state index contributed by atoms with van der Waals surface area (Å²) in [4.78, 5) is 6.22. The van der Waals surface area contributed by atoms with Gasteiger partial charge in [-0.25, -0.2) is 0 Å². The van der Waals surface area contributed by atoms with Crippen molar-refractivity contribution >= 4 is 43.0 Å². The summed E-state index contributed by atoms with van der Waals surface area (Å²) in [5, 5.41) is 6.26. The van der Waals surface area contributed by atoms with Gasteiger partial charge in [-0.15, -0.1) is 11.3 Å². The predicted octanol–water partition coefficient (Wildman–Crippen LogP) is 10.7. The number of hydrogen-bond acceptors (Lipinski definition) is 2. The fourth-order valence-corrected chi connectivity index (χ4v) is 6.65. The molecule has 7 rings (SSSR count). The zero-order chi connectivity index (χ0) is 25.6. The molecule has 2 aromatic heterocycles. The fourth-order valence-electron chi connectivity index (χ4n) is 5.47. The van der Waals surface area contributed by atoms with E-state index < -0.39 is 0 Å². The maximum Gasteiger partial charge on any atom is 0.0780 e. The normalized spacial score (nSPS) is 11.7. The lowest BCUT2D eigenvalue weighted by atomic mass is 9.93. The molecule has 0 spiro atoms. The second-order valence-corrected chi connectivity index (χ2v) is 11.3. The van der Waals surface area contributed by atoms with Gasteiger partial charge in [0.15, 0.2) is 0 Å². The van der Waals surface area contributed by atoms with Crippen molar-refractivity contribution in [2.24, 2.45) is 0 Å². The van der Waals surface area contributed by atoms with E-state index in [1.807, 2.05) is 17.5 Å². The van der Waals surface area contributed by atoms with Crippen molar-refractivity contribution in [3.8, 4) is 32.8 Å². The van der Waals surface area contributed by atoms with Gasteiger partial charge < -0.3 is 0 Å². The lowest BCUT2D eigenvalue weighted by molar-refractivity contribution is 0.869. The van der Waals surface area contributed by atoms with Crippen LogP contribution in [0.25, 0.3) is 64.5 Å². The Morgan fingerprint density at radius 1 is 0.579 bits per heavy atom. The maximum absolute atomic E-state index is 4.94. The first-order valence-corrected chi connectivity index (χ1v) is 14.0. The molecule has 0 unspecified atom stereocenters. The lowest BCUT2D eigenvalue weighted by Gasteiger charge is -2.13. The summed E-state index contributed by atoms with van der Waals surface area (Å²) in [7, 11) is 0. The van der Waals surface area contributed by atoms with Gasteiger partial charge in [0.2, 0.25) is 0 Å². The number of benzene rings is 5. The number of pyridine rings is 1. The molecular formula is C36H27NS. The van der Waals surface area contributed by atoms with Crippen LogP contribution < -0.4 is 0 Å². The summed E-state index contributed by atoms with van der Waals surface area (Å²) in [6.07, 6.45) is 1.96. The van der Waals surface area contributed by atoms with Crippen molar-refractivity contribution in [1.29, 1.82) is 0 Å². The van der Waals surface area contributed by atoms with Gasteiger partial charge in [0.25, 0.3) is 0 Å². The zero-order valence-corrected chi connectivity index (χ0v) is 22.3. The van der Waals surface area contributed by atoms with E-state index in [-0.39, 0.29) is 0 Å². The Balaban J connectivity index is 1.47. The van der Waals surface area contributed by atoms with Crippen molar-refractivity contribution in [2.75, 3.05) is 0 Å². The van der Waals surface area contributed by atoms with Crippen LogP contribution in [0.3, 0.4) is 0 Å². The van der Waals surface area contributed by atoms with Gasteiger partial charge in [-0.3, -0.25) is 4.98 Å². The second kappa shape index (κ2) is 9.24. The van der Waals surface area contributed by atoms with Crippen LogP contribution in [0.2, 0.25) is 0 Å². The standard InChI is InChI=1S/C36H27NS/c1-23(2)26-13-15-30-27(19-26)14-16-32-31(30)17-18-37-35(32)28-20-29-22-34(25-11-7-4-8-12-25)38-36(29)33(21-28)24-9-5-3-6-10-24/h3-23H,1-2H3. The molecule has 0 amide bonds. The minimum atomic E-state index is 0.512. The minimum Gasteiger partial charge on any atom is -0.256 e. The van der Waals surface area contributed by atoms with Gasteiger partial charge in [0.1, 0.15) is 0 Å². The zero-order valence-electron chi connectivity index (χ0n) is 21.5. The van der Waals surface area contributed by atoms with E-state index in [9.17, 15) is 0 Å². The van der Waals surface area contributed by atoms with Crippen LogP contribution in [0.5, 0.6) is 0 Å². The third-order valence-electron chi connectivity index (χ3n) is 7.48. The highest BCUT2D eigenvalue weighted by Crippen LogP contribution is 2.43. The molecule has 0 aliphatic heterocycles. The molecule has 182 valence electrons. The highest BCUT2D eigenvalue weighted by atomic mass is 32.1. The van der Waals surface area contributed by atoms with Crippen LogP contribution in [-0.4, -0.2) is 4.98 Å². The molecule has 0 atom stereocenters. The van der Waals surface area contributed by atoms with E-state index in [0.29, 0.717) is 5.92 Å². The van der Waals surface area contributed by atoms with Crippen LogP contribution >= 0.6 is 11.3 Å². The summed E-state index contributed by atoms with van der Waals surface area (Å²) in [6, 6.07) is 41.9. The first kappa shape index (κ1) is 22.9. The van der Waals surface area contributed by atoms with Crippen LogP contribution in [0.1, 0.15) is 25.3 Å². The van der Waals surface area contributed by atoms with Crippen molar-refractivity contribution in [2.45, 2.75) is 19.8 Å². The van der Waals surface area contributed by atoms with Crippen molar-refractivity contribution < 1.29 is 0 Å². The number of fused-ring (bicyclic) bond motifs is 4. The summed E-state index contributed by atoms with van der Waals surface area (Å²) >= 11 is 1.86. The van der Waals surface area contributed by atoms with E-state index in [1.165, 1.54) is 58.8 Å². The van der Waals surface area contributed by atoms with E-state index in [0.717, 1.165) is 11.3 Å². The molecule has 1 nitrogen and oxygen atoms in total. The molecule has 0 saturated carbocycles. The molecule has 5 aromatic carbocycles. The number of thiophene rings is 1. The first-order chi connectivity index (χ1) is 18.7. The van der Waals surface area contributed by atoms with E-state index in [4.69, 9.17) is 4.98 Å². The van der Waals surface area contributed by atoms with Gasteiger partial charge in [-0.1, -0.05) is 105 Å². The van der Waals surface area contributed by atoms with Gasteiger partial charge in [0, 0.05) is 32.3 Å². The van der Waals surface area contributed by atoms with Gasteiger partial charge in [0.05, 0.1) is 5.69 Å². The second-order valence-electron chi connectivity index (χ2n) is 10.2. The Hall–Kier alpha value is -4.27. The molecule has 2 heteroatoms. The topological polar surface area (TPSA) is 12.9 Å². The Labute approximate surface area is 227 Å². The summed E-state index contributed by atoms with van der Waals surface area (Å²) in [6.45, 7) is 4.50. The van der Waals surface area contributed by atoms with Crippen LogP contribution in [-0.2, 0) is 0 Å². The molecule has 2 heterocycles. The van der Waals surface area contributed by atoms with E-state index in [2.05, 4.69) is 129 Å². The van der Waals surface area contributed by atoms with Gasteiger partial charge >= 0.3 is 0 Å². The summed E-state index contributed by atoms with van der Waals surface area (Å²) in [5.74, 6) is 0.512. The quantitative estimate of drug-likeness (QED) is 0.217. The van der Waals surface area contributed by atoms with Gasteiger partial charge in [-0.2, -0.15) is 0 Å². The van der Waals surface area contributed by atoms with Gasteiger partial charge in [-0.05, 0) is 68.4 Å². The number of aromatic nitrogens is 1. The third-order valence-corrected chi connectivity index (χ3v) is 8.72. The minimum absolute atomic E-state index is 0.512. The summed E-state index contributed by atoms with van der Waals surface area (Å²) < 4.78 is 1.31. The molecule has 0 radical (unpaired) electrons. The summed E-state index contributed by atoms with van der Waals surface area (Å²) in [5.41, 5.74) is 7.29. The average Bonchev–Trinajstić information content (AvgIpc) is 3.41. The monoisotopic (exact) mass is 505 g/mol. The van der Waals surface area contributed by atoms with Crippen LogP contribution in [0.15, 0.2) is 121 Å². The highest BCUT2D eigenvalue weighted by molar-refractivity contribution is 7.22. The smallest absolute Gasteiger partial charge is 0.0780 e. The van der Waals surface area contributed by atoms with Crippen LogP contribution in [0.4, 0.5) is 0 Å². The van der Waals surface area contributed by atoms with Crippen LogP contribution in [0, 0.1) is 0 Å². The molecule has 0 bridgehead atoms. The Morgan fingerprint density at radius 2 is 1.32 bits per heavy atom. The van der Waals surface area contributed by atoms with Crippen molar-refractivity contribution in [3.05, 3.63) is 127 Å². The van der Waals surface area contributed by atoms with E-state index in [1.54, 1.807) is 0 Å². The Morgan fingerprint density at radius 3 is 2.08 bits per heavy atom. The first-order valence-electron chi connectivity index (χ1n) is 13.2. The number of nitrogens with zero attached hydrogens (tertiary/aromatic N) is 1. The maximum atomic E-state index is 4.94. The molecule has 7 aromatic rings. The Kier molecular flexibility index (Phi) is 5.56. The molecule has 0 aliphatic rings. The highest BCUT2D eigenvalue weighted by Gasteiger charge is 2.15. The molecular weight excluding hydrogens is 478 g/mol. The van der Waals surface area contributed by atoms with Crippen molar-refractivity contribution in [1.82, 2.24) is 4.98 Å². The number of hydrogen-bond donors (Lipinski definition) is 0. The average molecular weight is 506 g/mol. The lowest BCUT2D eigenvalue weighted by Crippen LogP contribution is -1.90. The molecule has 0 aliphatic carbocycles. The van der Waals surface area contributed by atoms with Crippen molar-refractivity contribution in [3.63, 3.8) is 0 Å². The van der Waals surface area contributed by atoms with E-state index >= 15 is 0 Å². The fraction of sp³-hybridized carbons (Fsp3) is 0.0833. The third kappa shape index (κ3) is 3.89. The molecule has 0 saturated heterocycles. The largest absolute Gasteiger partial charge is 0.256 e. The molecule has 0 fully saturated rings. The Bertz CT molecular complexity index is 1930.